The molecule has 9 heteroatoms. The van der Waals surface area contributed by atoms with Crippen LogP contribution in [0.4, 0.5) is 8.78 Å². The van der Waals surface area contributed by atoms with E-state index >= 15 is 0 Å². The predicted octanol–water partition coefficient (Wildman–Crippen LogP) is 2.88. The molecule has 4 rings (SSSR count). The molecule has 28 heavy (non-hydrogen) atoms. The van der Waals surface area contributed by atoms with Gasteiger partial charge in [0, 0.05) is 22.3 Å². The third-order valence-corrected chi connectivity index (χ3v) is 6.28. The van der Waals surface area contributed by atoms with Gasteiger partial charge in [-0.1, -0.05) is 0 Å². The highest BCUT2D eigenvalue weighted by Gasteiger charge is 2.70. The minimum atomic E-state index is -3.67. The molecule has 1 aliphatic heterocycles. The van der Waals surface area contributed by atoms with Crippen LogP contribution in [0.25, 0.3) is 0 Å². The van der Waals surface area contributed by atoms with Crippen LogP contribution in [-0.2, 0) is 23.9 Å². The molecule has 0 aromatic heterocycles. The number of esters is 3. The van der Waals surface area contributed by atoms with Crippen LogP contribution in [-0.4, -0.2) is 36.0 Å². The summed E-state index contributed by atoms with van der Waals surface area (Å²) in [7, 11) is 0. The molecule has 1 saturated heterocycles. The molecule has 2 bridgehead atoms. The van der Waals surface area contributed by atoms with E-state index in [9.17, 15) is 23.2 Å². The van der Waals surface area contributed by atoms with E-state index < -0.39 is 53.8 Å². The fourth-order valence-corrected chi connectivity index (χ4v) is 5.44. The van der Waals surface area contributed by atoms with Gasteiger partial charge in [0.1, 0.15) is 18.0 Å². The number of halogens is 3. The van der Waals surface area contributed by atoms with Crippen molar-refractivity contribution in [1.82, 2.24) is 0 Å². The molecule has 3 aliphatic rings. The Bertz CT molecular complexity index is 846. The molecular weight excluding hydrogens is 489 g/mol. The molecule has 1 heterocycles. The molecule has 0 radical (unpaired) electrons. The maximum Gasteiger partial charge on any atom is 0.377 e. The molecule has 0 amide bonds. The molecule has 2 aliphatic carbocycles. The van der Waals surface area contributed by atoms with Gasteiger partial charge in [0.25, 0.3) is 0 Å². The van der Waals surface area contributed by atoms with Crippen LogP contribution in [0.15, 0.2) is 18.2 Å². The van der Waals surface area contributed by atoms with Crippen molar-refractivity contribution in [2.24, 2.45) is 23.7 Å². The highest BCUT2D eigenvalue weighted by Crippen LogP contribution is 2.59. The van der Waals surface area contributed by atoms with Crippen LogP contribution < -0.4 is 4.74 Å². The van der Waals surface area contributed by atoms with E-state index in [2.05, 4.69) is 22.6 Å². The van der Waals surface area contributed by atoms with Gasteiger partial charge in [-0.2, -0.15) is 8.78 Å². The molecule has 6 atom stereocenters. The van der Waals surface area contributed by atoms with Gasteiger partial charge in [0.2, 0.25) is 0 Å². The molecule has 0 N–H and O–H groups in total. The molecule has 0 spiro atoms. The third kappa shape index (κ3) is 3.17. The van der Waals surface area contributed by atoms with E-state index in [4.69, 9.17) is 14.2 Å². The van der Waals surface area contributed by atoms with Crippen LogP contribution in [0, 0.1) is 34.2 Å². The molecule has 6 nitrogen and oxygen atoms in total. The first-order chi connectivity index (χ1) is 13.1. The summed E-state index contributed by atoms with van der Waals surface area (Å²) in [5.74, 6) is -8.73. The highest BCUT2D eigenvalue weighted by atomic mass is 127. The van der Waals surface area contributed by atoms with Crippen molar-refractivity contribution in [3.63, 3.8) is 0 Å². The monoisotopic (exact) mass is 506 g/mol. The second-order valence-electron chi connectivity index (χ2n) is 7.66. The van der Waals surface area contributed by atoms with Crippen molar-refractivity contribution < 1.29 is 37.4 Å². The number of alkyl halides is 2. The largest absolute Gasteiger partial charge is 0.458 e. The summed E-state index contributed by atoms with van der Waals surface area (Å²) in [4.78, 5) is 36.8. The zero-order chi connectivity index (χ0) is 20.4. The number of carbonyl (C=O) groups is 3. The average molecular weight is 506 g/mol. The Morgan fingerprint density at radius 1 is 1.25 bits per heavy atom. The van der Waals surface area contributed by atoms with Gasteiger partial charge in [0.15, 0.2) is 0 Å². The van der Waals surface area contributed by atoms with Crippen LogP contribution in [0.3, 0.4) is 0 Å². The zero-order valence-corrected chi connectivity index (χ0v) is 17.1. The minimum Gasteiger partial charge on any atom is -0.458 e. The normalized spacial score (nSPS) is 33.0. The van der Waals surface area contributed by atoms with Crippen molar-refractivity contribution in [3.05, 3.63) is 27.3 Å². The van der Waals surface area contributed by atoms with Crippen LogP contribution in [0.5, 0.6) is 5.75 Å². The molecule has 1 aromatic carbocycles. The fraction of sp³-hybridized carbons (Fsp3) is 0.526. The smallest absolute Gasteiger partial charge is 0.377 e. The number of carbonyl (C=O) groups excluding carboxylic acids is 3. The lowest BCUT2D eigenvalue weighted by atomic mass is 9.78. The highest BCUT2D eigenvalue weighted by molar-refractivity contribution is 14.1. The lowest BCUT2D eigenvalue weighted by Gasteiger charge is -2.30. The number of rotatable bonds is 4. The van der Waals surface area contributed by atoms with Crippen molar-refractivity contribution in [2.75, 3.05) is 0 Å². The molecule has 6 unspecified atom stereocenters. The zero-order valence-electron chi connectivity index (χ0n) is 15.0. The fourth-order valence-electron chi connectivity index (χ4n) is 4.64. The summed E-state index contributed by atoms with van der Waals surface area (Å²) in [5, 5.41) is 0. The van der Waals surface area contributed by atoms with E-state index in [1.807, 2.05) is 13.0 Å². The quantitative estimate of drug-likeness (QED) is 0.355. The van der Waals surface area contributed by atoms with Crippen LogP contribution in [0.2, 0.25) is 0 Å². The topological polar surface area (TPSA) is 78.9 Å². The Balaban J connectivity index is 1.58. The average Bonchev–Trinajstić information content (AvgIpc) is 3.16. The van der Waals surface area contributed by atoms with E-state index in [0.29, 0.717) is 19.1 Å². The minimum absolute atomic E-state index is 0.337. The number of fused-ring (bicyclic) bond motifs is 1. The number of benzene rings is 1. The summed E-state index contributed by atoms with van der Waals surface area (Å²) >= 11 is 2.10. The Morgan fingerprint density at radius 2 is 1.96 bits per heavy atom. The van der Waals surface area contributed by atoms with Gasteiger partial charge >= 0.3 is 23.8 Å². The Morgan fingerprint density at radius 3 is 2.61 bits per heavy atom. The Kier molecular flexibility index (Phi) is 4.63. The summed E-state index contributed by atoms with van der Waals surface area (Å²) in [6.07, 6.45) is -1.46. The van der Waals surface area contributed by atoms with E-state index in [1.165, 1.54) is 0 Å². The van der Waals surface area contributed by atoms with Gasteiger partial charge < -0.3 is 14.2 Å². The standard InChI is InChI=1S/C19H17F2IO6/c1-7-3-8(22)5-9(4-7)26-16(23)12-11-6-10-13(12)17(24)27-14(10)15(11)28-18(25)19(2,20)21/h3-5,10-15H,6H2,1-2H3. The van der Waals surface area contributed by atoms with Crippen molar-refractivity contribution in [1.29, 1.82) is 0 Å². The maximum atomic E-state index is 13.3. The Labute approximate surface area is 173 Å². The first-order valence-electron chi connectivity index (χ1n) is 8.84. The van der Waals surface area contributed by atoms with E-state index in [-0.39, 0.29) is 5.92 Å². The van der Waals surface area contributed by atoms with Crippen LogP contribution >= 0.6 is 22.6 Å². The van der Waals surface area contributed by atoms with Gasteiger partial charge in [-0.25, -0.2) is 4.79 Å². The van der Waals surface area contributed by atoms with Gasteiger partial charge in [0.05, 0.1) is 11.8 Å². The molecular formula is C19H17F2IO6. The molecule has 2 saturated carbocycles. The third-order valence-electron chi connectivity index (χ3n) is 5.65. The van der Waals surface area contributed by atoms with Crippen molar-refractivity contribution in [3.8, 4) is 5.75 Å². The maximum absolute atomic E-state index is 13.3. The first kappa shape index (κ1) is 19.5. The summed E-state index contributed by atoms with van der Waals surface area (Å²) in [6.45, 7) is 2.30. The van der Waals surface area contributed by atoms with E-state index in [0.717, 1.165) is 9.13 Å². The predicted molar refractivity (Wildman–Crippen MR) is 98.5 cm³/mol. The summed E-state index contributed by atoms with van der Waals surface area (Å²) in [5.41, 5.74) is 0.903. The molecule has 1 aromatic rings. The van der Waals surface area contributed by atoms with Crippen molar-refractivity contribution >= 4 is 40.5 Å². The van der Waals surface area contributed by atoms with Gasteiger partial charge in [-0.15, -0.1) is 0 Å². The van der Waals surface area contributed by atoms with Gasteiger partial charge in [-0.05, 0) is 59.7 Å². The second kappa shape index (κ2) is 6.64. The summed E-state index contributed by atoms with van der Waals surface area (Å²) in [6, 6.07) is 5.29. The Hall–Kier alpha value is -1.78. The molecule has 150 valence electrons. The second-order valence-corrected chi connectivity index (χ2v) is 8.91. The SMILES string of the molecule is Cc1cc(I)cc(OC(=O)C2C3CC4C(OC(=O)C42)C3OC(=O)C(C)(F)F)c1. The number of ether oxygens (including phenoxy) is 3. The number of hydrogen-bond donors (Lipinski definition) is 0. The molecule has 3 fully saturated rings. The van der Waals surface area contributed by atoms with E-state index in [1.54, 1.807) is 12.1 Å². The lowest BCUT2D eigenvalue weighted by molar-refractivity contribution is -0.185. The number of hydrogen-bond acceptors (Lipinski definition) is 6. The first-order valence-corrected chi connectivity index (χ1v) is 9.92. The van der Waals surface area contributed by atoms with Crippen LogP contribution in [0.1, 0.15) is 18.9 Å². The lowest BCUT2D eigenvalue weighted by Crippen LogP contribution is -2.46. The number of aryl methyl sites for hydroxylation is 1. The van der Waals surface area contributed by atoms with Gasteiger partial charge in [-0.3, -0.25) is 9.59 Å². The summed E-state index contributed by atoms with van der Waals surface area (Å²) < 4.78 is 43.2. The van der Waals surface area contributed by atoms with Crippen molar-refractivity contribution in [2.45, 2.75) is 38.4 Å².